The van der Waals surface area contributed by atoms with E-state index in [1.165, 1.54) is 7.11 Å². The number of hydrogen-bond acceptors (Lipinski definition) is 6. The van der Waals surface area contributed by atoms with E-state index in [0.717, 1.165) is 19.5 Å². The summed E-state index contributed by atoms with van der Waals surface area (Å²) in [6.07, 6.45) is 1.93. The normalized spacial score (nSPS) is 10.4. The highest BCUT2D eigenvalue weighted by molar-refractivity contribution is 5.68. The van der Waals surface area contributed by atoms with Gasteiger partial charge in [-0.15, -0.1) is 0 Å². The minimum absolute atomic E-state index is 0.172. The fourth-order valence-electron chi connectivity index (χ4n) is 1.22. The molecule has 0 radical (unpaired) electrons. The molecule has 0 saturated carbocycles. The van der Waals surface area contributed by atoms with Gasteiger partial charge in [-0.25, -0.2) is 0 Å². The van der Waals surface area contributed by atoms with Gasteiger partial charge in [0.1, 0.15) is 0 Å². The van der Waals surface area contributed by atoms with Crippen molar-refractivity contribution in [2.24, 2.45) is 0 Å². The molecule has 0 bridgehead atoms. The van der Waals surface area contributed by atoms with Gasteiger partial charge in [-0.05, 0) is 19.9 Å². The molecule has 1 aromatic rings. The third-order valence-corrected chi connectivity index (χ3v) is 2.05. The number of methoxy groups -OCH3 is 1. The lowest BCUT2D eigenvalue weighted by Crippen LogP contribution is -2.19. The molecule has 0 unspecified atom stereocenters. The van der Waals surface area contributed by atoms with Crippen molar-refractivity contribution in [3.8, 4) is 0 Å². The Morgan fingerprint density at radius 1 is 1.50 bits per heavy atom. The Kier molecular flexibility index (Phi) is 5.49. The Balaban J connectivity index is 1.98. The van der Waals surface area contributed by atoms with E-state index in [9.17, 15) is 4.79 Å². The van der Waals surface area contributed by atoms with Gasteiger partial charge in [-0.1, -0.05) is 5.16 Å². The van der Waals surface area contributed by atoms with Crippen LogP contribution in [0.15, 0.2) is 4.52 Å². The van der Waals surface area contributed by atoms with Crippen molar-refractivity contribution in [2.75, 3.05) is 20.2 Å². The van der Waals surface area contributed by atoms with Crippen LogP contribution in [0.4, 0.5) is 0 Å². The molecule has 1 heterocycles. The minimum Gasteiger partial charge on any atom is -0.469 e. The molecule has 16 heavy (non-hydrogen) atoms. The maximum Gasteiger partial charge on any atom is 0.305 e. The van der Waals surface area contributed by atoms with Gasteiger partial charge in [0.25, 0.3) is 0 Å². The Morgan fingerprint density at radius 2 is 2.31 bits per heavy atom. The van der Waals surface area contributed by atoms with Crippen LogP contribution < -0.4 is 5.32 Å². The lowest BCUT2D eigenvalue weighted by Gasteiger charge is -2.01. The Labute approximate surface area is 94.4 Å². The third-order valence-electron chi connectivity index (χ3n) is 2.05. The van der Waals surface area contributed by atoms with Gasteiger partial charge in [-0.3, -0.25) is 4.79 Å². The Hall–Kier alpha value is -1.43. The number of hydrogen-bond donors (Lipinski definition) is 1. The van der Waals surface area contributed by atoms with Gasteiger partial charge in [0.2, 0.25) is 5.89 Å². The van der Waals surface area contributed by atoms with E-state index < -0.39 is 0 Å². The van der Waals surface area contributed by atoms with Crippen molar-refractivity contribution in [3.63, 3.8) is 0 Å². The molecule has 90 valence electrons. The summed E-state index contributed by atoms with van der Waals surface area (Å²) in [4.78, 5) is 14.9. The second-order valence-corrected chi connectivity index (χ2v) is 3.42. The van der Waals surface area contributed by atoms with Crippen molar-refractivity contribution in [1.82, 2.24) is 15.5 Å². The van der Waals surface area contributed by atoms with E-state index in [1.54, 1.807) is 6.92 Å². The summed E-state index contributed by atoms with van der Waals surface area (Å²) in [6, 6.07) is 0. The molecule has 1 rings (SSSR count). The van der Waals surface area contributed by atoms with Crippen molar-refractivity contribution in [1.29, 1.82) is 0 Å². The first kappa shape index (κ1) is 12.6. The smallest absolute Gasteiger partial charge is 0.305 e. The molecular weight excluding hydrogens is 210 g/mol. The van der Waals surface area contributed by atoms with Crippen LogP contribution >= 0.6 is 0 Å². The van der Waals surface area contributed by atoms with Crippen LogP contribution in [-0.4, -0.2) is 36.3 Å². The molecule has 0 fully saturated rings. The number of aryl methyl sites for hydroxylation is 1. The molecule has 0 amide bonds. The third kappa shape index (κ3) is 4.88. The number of aromatic nitrogens is 2. The van der Waals surface area contributed by atoms with E-state index in [1.807, 2.05) is 0 Å². The first-order chi connectivity index (χ1) is 7.72. The van der Waals surface area contributed by atoms with Crippen LogP contribution in [0, 0.1) is 6.92 Å². The van der Waals surface area contributed by atoms with Crippen LogP contribution in [0.2, 0.25) is 0 Å². The van der Waals surface area contributed by atoms with Crippen molar-refractivity contribution < 1.29 is 14.1 Å². The predicted octanol–water partition coefficient (Wildman–Crippen LogP) is 0.463. The van der Waals surface area contributed by atoms with Gasteiger partial charge in [-0.2, -0.15) is 4.98 Å². The number of esters is 1. The van der Waals surface area contributed by atoms with E-state index >= 15 is 0 Å². The minimum atomic E-state index is -0.172. The fourth-order valence-corrected chi connectivity index (χ4v) is 1.22. The van der Waals surface area contributed by atoms with Gasteiger partial charge < -0.3 is 14.6 Å². The summed E-state index contributed by atoms with van der Waals surface area (Å²) < 4.78 is 9.48. The zero-order valence-corrected chi connectivity index (χ0v) is 9.65. The standard InChI is InChI=1S/C10H17N3O3/c1-8-12-9(16-13-8)5-7-11-6-3-4-10(14)15-2/h11H,3-7H2,1-2H3. The van der Waals surface area contributed by atoms with Crippen LogP contribution in [0.25, 0.3) is 0 Å². The van der Waals surface area contributed by atoms with E-state index in [2.05, 4.69) is 20.2 Å². The number of carbonyl (C=O) groups is 1. The molecule has 0 spiro atoms. The van der Waals surface area contributed by atoms with Gasteiger partial charge in [0.05, 0.1) is 7.11 Å². The monoisotopic (exact) mass is 227 g/mol. The van der Waals surface area contributed by atoms with Crippen LogP contribution in [0.3, 0.4) is 0 Å². The van der Waals surface area contributed by atoms with Crippen molar-refractivity contribution in [2.45, 2.75) is 26.2 Å². The highest BCUT2D eigenvalue weighted by Gasteiger charge is 2.02. The quantitative estimate of drug-likeness (QED) is 0.538. The number of rotatable bonds is 7. The summed E-state index contributed by atoms with van der Waals surface area (Å²) in [7, 11) is 1.40. The summed E-state index contributed by atoms with van der Waals surface area (Å²) >= 11 is 0. The predicted molar refractivity (Wildman–Crippen MR) is 56.9 cm³/mol. The number of ether oxygens (including phenoxy) is 1. The molecule has 0 atom stereocenters. The van der Waals surface area contributed by atoms with E-state index in [4.69, 9.17) is 4.52 Å². The van der Waals surface area contributed by atoms with E-state index in [-0.39, 0.29) is 5.97 Å². The maximum absolute atomic E-state index is 10.8. The van der Waals surface area contributed by atoms with Crippen LogP contribution in [0.1, 0.15) is 24.6 Å². The largest absolute Gasteiger partial charge is 0.469 e. The zero-order valence-electron chi connectivity index (χ0n) is 9.65. The lowest BCUT2D eigenvalue weighted by atomic mass is 10.3. The summed E-state index contributed by atoms with van der Waals surface area (Å²) in [5, 5.41) is 6.88. The van der Waals surface area contributed by atoms with Crippen molar-refractivity contribution in [3.05, 3.63) is 11.7 Å². The molecule has 6 heteroatoms. The highest BCUT2D eigenvalue weighted by atomic mass is 16.5. The second-order valence-electron chi connectivity index (χ2n) is 3.42. The molecular formula is C10H17N3O3. The number of nitrogens with zero attached hydrogens (tertiary/aromatic N) is 2. The molecule has 1 aromatic heterocycles. The Morgan fingerprint density at radius 3 is 2.94 bits per heavy atom. The topological polar surface area (TPSA) is 77.2 Å². The molecule has 0 aromatic carbocycles. The SMILES string of the molecule is COC(=O)CCCNCCc1nc(C)no1. The first-order valence-electron chi connectivity index (χ1n) is 5.29. The number of carbonyl (C=O) groups excluding carboxylic acids is 1. The van der Waals surface area contributed by atoms with Gasteiger partial charge >= 0.3 is 5.97 Å². The van der Waals surface area contributed by atoms with Gasteiger partial charge in [0.15, 0.2) is 5.82 Å². The highest BCUT2D eigenvalue weighted by Crippen LogP contribution is 1.95. The maximum atomic E-state index is 10.8. The molecule has 0 aliphatic rings. The second kappa shape index (κ2) is 6.95. The average Bonchev–Trinajstić information content (AvgIpc) is 2.69. The summed E-state index contributed by atoms with van der Waals surface area (Å²) in [5.74, 6) is 1.12. The van der Waals surface area contributed by atoms with Crippen LogP contribution in [-0.2, 0) is 16.0 Å². The van der Waals surface area contributed by atoms with Crippen LogP contribution in [0.5, 0.6) is 0 Å². The lowest BCUT2D eigenvalue weighted by molar-refractivity contribution is -0.140. The summed E-state index contributed by atoms with van der Waals surface area (Å²) in [5.41, 5.74) is 0. The molecule has 0 saturated heterocycles. The van der Waals surface area contributed by atoms with E-state index in [0.29, 0.717) is 24.6 Å². The average molecular weight is 227 g/mol. The van der Waals surface area contributed by atoms with Crippen molar-refractivity contribution >= 4 is 5.97 Å². The van der Waals surface area contributed by atoms with Gasteiger partial charge in [0, 0.05) is 19.4 Å². The molecule has 1 N–H and O–H groups in total. The molecule has 6 nitrogen and oxygen atoms in total. The zero-order chi connectivity index (χ0) is 11.8. The fraction of sp³-hybridized carbons (Fsp3) is 0.700. The molecule has 0 aliphatic carbocycles. The summed E-state index contributed by atoms with van der Waals surface area (Å²) in [6.45, 7) is 3.34. The Bertz CT molecular complexity index is 325. The number of nitrogens with one attached hydrogen (secondary N) is 1. The first-order valence-corrected chi connectivity index (χ1v) is 5.29. The molecule has 0 aliphatic heterocycles.